The average Bonchev–Trinajstić information content (AvgIpc) is 3.17. The first-order chi connectivity index (χ1) is 14.7. The molecule has 1 saturated carbocycles. The van der Waals surface area contributed by atoms with Gasteiger partial charge in [-0.2, -0.15) is 5.10 Å². The number of carboxylic acids is 1. The number of aromatic carboxylic acids is 1. The van der Waals surface area contributed by atoms with Crippen LogP contribution in [-0.2, 0) is 13.0 Å². The van der Waals surface area contributed by atoms with Crippen LogP contribution in [0.25, 0.3) is 11.1 Å². The van der Waals surface area contributed by atoms with Crippen molar-refractivity contribution in [3.63, 3.8) is 0 Å². The summed E-state index contributed by atoms with van der Waals surface area (Å²) in [7, 11) is 0. The number of benzene rings is 1. The molecule has 3 aromatic rings. The van der Waals surface area contributed by atoms with Crippen LogP contribution in [0.2, 0.25) is 0 Å². The molecule has 1 aliphatic carbocycles. The number of aryl methyl sites for hydroxylation is 1. The quantitative estimate of drug-likeness (QED) is 0.593. The van der Waals surface area contributed by atoms with Crippen molar-refractivity contribution in [2.24, 2.45) is 0 Å². The first-order valence-corrected chi connectivity index (χ1v) is 10.9. The van der Waals surface area contributed by atoms with Gasteiger partial charge in [0.25, 0.3) is 0 Å². The summed E-state index contributed by atoms with van der Waals surface area (Å²) >= 11 is 0. The van der Waals surface area contributed by atoms with Crippen LogP contribution < -0.4 is 0 Å². The largest absolute Gasteiger partial charge is 0.478 e. The van der Waals surface area contributed by atoms with Gasteiger partial charge in [-0.05, 0) is 42.0 Å². The molecule has 1 N–H and O–H groups in total. The number of carboxylic acid groups (broad SMARTS) is 1. The number of hydrogen-bond acceptors (Lipinski definition) is 4. The SMILES string of the molecule is CCCc1nc(C2CCCCC2)nn1Cc1ccc(-c2ccncc2C(=O)O)cc1. The summed E-state index contributed by atoms with van der Waals surface area (Å²) in [6.45, 7) is 2.85. The van der Waals surface area contributed by atoms with Crippen LogP contribution in [0, 0.1) is 0 Å². The van der Waals surface area contributed by atoms with Crippen LogP contribution in [0.4, 0.5) is 0 Å². The number of aromatic nitrogens is 4. The van der Waals surface area contributed by atoms with Gasteiger partial charge in [0, 0.05) is 24.7 Å². The third-order valence-corrected chi connectivity index (χ3v) is 5.86. The standard InChI is InChI=1S/C24H28N4O2/c1-2-6-22-26-23(19-7-4-3-5-8-19)27-28(22)16-17-9-11-18(12-10-17)20-13-14-25-15-21(20)24(29)30/h9-15,19H,2-8,16H2,1H3,(H,29,30). The van der Waals surface area contributed by atoms with Crippen molar-refractivity contribution in [3.05, 3.63) is 65.5 Å². The predicted molar refractivity (Wildman–Crippen MR) is 116 cm³/mol. The molecule has 0 aliphatic heterocycles. The highest BCUT2D eigenvalue weighted by atomic mass is 16.4. The lowest BCUT2D eigenvalue weighted by Crippen LogP contribution is -2.09. The molecule has 0 unspecified atom stereocenters. The Hall–Kier alpha value is -3.02. The van der Waals surface area contributed by atoms with Crippen molar-refractivity contribution in [1.82, 2.24) is 19.7 Å². The third kappa shape index (κ3) is 4.42. The molecule has 2 aromatic heterocycles. The van der Waals surface area contributed by atoms with Gasteiger partial charge in [-0.15, -0.1) is 0 Å². The lowest BCUT2D eigenvalue weighted by Gasteiger charge is -2.18. The molecule has 0 saturated heterocycles. The molecule has 0 radical (unpaired) electrons. The predicted octanol–water partition coefficient (Wildman–Crippen LogP) is 5.09. The Labute approximate surface area is 177 Å². The molecule has 2 heterocycles. The van der Waals surface area contributed by atoms with E-state index in [-0.39, 0.29) is 5.56 Å². The highest BCUT2D eigenvalue weighted by Gasteiger charge is 2.21. The van der Waals surface area contributed by atoms with Gasteiger partial charge in [0.2, 0.25) is 0 Å². The van der Waals surface area contributed by atoms with Gasteiger partial charge < -0.3 is 5.11 Å². The molecule has 6 heteroatoms. The fourth-order valence-corrected chi connectivity index (χ4v) is 4.24. The van der Waals surface area contributed by atoms with Gasteiger partial charge in [-0.25, -0.2) is 14.5 Å². The number of carbonyl (C=O) groups is 1. The Morgan fingerprint density at radius 3 is 2.60 bits per heavy atom. The van der Waals surface area contributed by atoms with Crippen LogP contribution in [0.1, 0.15) is 78.9 Å². The molecular weight excluding hydrogens is 376 g/mol. The zero-order chi connectivity index (χ0) is 20.9. The molecule has 30 heavy (non-hydrogen) atoms. The Morgan fingerprint density at radius 1 is 1.13 bits per heavy atom. The fraction of sp³-hybridized carbons (Fsp3) is 0.417. The molecule has 0 amide bonds. The van der Waals surface area contributed by atoms with E-state index in [0.29, 0.717) is 18.0 Å². The van der Waals surface area contributed by atoms with Crippen molar-refractivity contribution in [2.75, 3.05) is 0 Å². The molecule has 1 aromatic carbocycles. The molecule has 156 valence electrons. The minimum Gasteiger partial charge on any atom is -0.478 e. The van der Waals surface area contributed by atoms with Crippen LogP contribution in [0.3, 0.4) is 0 Å². The molecular formula is C24H28N4O2. The summed E-state index contributed by atoms with van der Waals surface area (Å²) < 4.78 is 2.05. The summed E-state index contributed by atoms with van der Waals surface area (Å²) in [6, 6.07) is 9.76. The second-order valence-corrected chi connectivity index (χ2v) is 8.05. The minimum atomic E-state index is -0.968. The van der Waals surface area contributed by atoms with Gasteiger partial charge in [-0.3, -0.25) is 4.98 Å². The summed E-state index contributed by atoms with van der Waals surface area (Å²) in [5, 5.41) is 14.3. The van der Waals surface area contributed by atoms with Crippen LogP contribution >= 0.6 is 0 Å². The second-order valence-electron chi connectivity index (χ2n) is 8.05. The first kappa shape index (κ1) is 20.3. The van der Waals surface area contributed by atoms with E-state index in [2.05, 4.69) is 16.6 Å². The smallest absolute Gasteiger partial charge is 0.337 e. The zero-order valence-corrected chi connectivity index (χ0v) is 17.4. The van der Waals surface area contributed by atoms with Crippen molar-refractivity contribution in [1.29, 1.82) is 0 Å². The molecule has 1 fully saturated rings. The Kier molecular flexibility index (Phi) is 6.21. The topological polar surface area (TPSA) is 80.9 Å². The van der Waals surface area contributed by atoms with Crippen LogP contribution in [-0.4, -0.2) is 30.8 Å². The fourth-order valence-electron chi connectivity index (χ4n) is 4.24. The van der Waals surface area contributed by atoms with Gasteiger partial charge >= 0.3 is 5.97 Å². The molecule has 1 aliphatic rings. The number of nitrogens with zero attached hydrogens (tertiary/aromatic N) is 4. The average molecular weight is 405 g/mol. The lowest BCUT2D eigenvalue weighted by atomic mass is 9.89. The number of pyridine rings is 1. The normalized spacial score (nSPS) is 14.7. The van der Waals surface area contributed by atoms with Crippen LogP contribution in [0.15, 0.2) is 42.7 Å². The maximum absolute atomic E-state index is 11.5. The summed E-state index contributed by atoms with van der Waals surface area (Å²) in [4.78, 5) is 20.3. The van der Waals surface area contributed by atoms with Crippen molar-refractivity contribution in [3.8, 4) is 11.1 Å². The summed E-state index contributed by atoms with van der Waals surface area (Å²) in [5.74, 6) is 1.60. The van der Waals surface area contributed by atoms with Crippen molar-refractivity contribution >= 4 is 5.97 Å². The number of hydrogen-bond donors (Lipinski definition) is 1. The molecule has 0 spiro atoms. The second kappa shape index (κ2) is 9.20. The molecule has 0 bridgehead atoms. The Bertz CT molecular complexity index is 1000. The van der Waals surface area contributed by atoms with E-state index in [1.807, 2.05) is 24.3 Å². The lowest BCUT2D eigenvalue weighted by molar-refractivity contribution is 0.0697. The minimum absolute atomic E-state index is 0.212. The molecule has 0 atom stereocenters. The van der Waals surface area contributed by atoms with Gasteiger partial charge in [0.15, 0.2) is 5.82 Å². The number of rotatable bonds is 7. The van der Waals surface area contributed by atoms with Crippen molar-refractivity contribution < 1.29 is 9.90 Å². The van der Waals surface area contributed by atoms with E-state index < -0.39 is 5.97 Å². The van der Waals surface area contributed by atoms with Crippen LogP contribution in [0.5, 0.6) is 0 Å². The summed E-state index contributed by atoms with van der Waals surface area (Å²) in [5.41, 5.74) is 2.89. The van der Waals surface area contributed by atoms with Gasteiger partial charge in [-0.1, -0.05) is 50.5 Å². The van der Waals surface area contributed by atoms with E-state index in [0.717, 1.165) is 35.6 Å². The Morgan fingerprint density at radius 2 is 1.90 bits per heavy atom. The van der Waals surface area contributed by atoms with Gasteiger partial charge in [0.05, 0.1) is 12.1 Å². The van der Waals surface area contributed by atoms with E-state index in [1.165, 1.54) is 38.3 Å². The third-order valence-electron chi connectivity index (χ3n) is 5.86. The van der Waals surface area contributed by atoms with E-state index >= 15 is 0 Å². The monoisotopic (exact) mass is 404 g/mol. The maximum Gasteiger partial charge on any atom is 0.337 e. The highest BCUT2D eigenvalue weighted by molar-refractivity contribution is 5.95. The summed E-state index contributed by atoms with van der Waals surface area (Å²) in [6.07, 6.45) is 11.3. The van der Waals surface area contributed by atoms with Crippen molar-refractivity contribution in [2.45, 2.75) is 64.3 Å². The van der Waals surface area contributed by atoms with Gasteiger partial charge in [0.1, 0.15) is 5.82 Å². The Balaban J connectivity index is 1.56. The maximum atomic E-state index is 11.5. The van der Waals surface area contributed by atoms with E-state index in [4.69, 9.17) is 10.1 Å². The highest BCUT2D eigenvalue weighted by Crippen LogP contribution is 2.31. The van der Waals surface area contributed by atoms with E-state index in [1.54, 1.807) is 12.3 Å². The molecule has 4 rings (SSSR count). The zero-order valence-electron chi connectivity index (χ0n) is 17.4. The van der Waals surface area contributed by atoms with E-state index in [9.17, 15) is 9.90 Å². The first-order valence-electron chi connectivity index (χ1n) is 10.9. The molecule has 6 nitrogen and oxygen atoms in total.